The number of rotatable bonds is 8. The molecular weight excluding hydrogens is 470 g/mol. The Balaban J connectivity index is 1.22. The van der Waals surface area contributed by atoms with Crippen LogP contribution in [0.3, 0.4) is 0 Å². The van der Waals surface area contributed by atoms with Gasteiger partial charge >= 0.3 is 0 Å². The maximum atomic E-state index is 6.39. The van der Waals surface area contributed by atoms with Gasteiger partial charge in [-0.25, -0.2) is 9.50 Å². The minimum atomic E-state index is 0.507. The summed E-state index contributed by atoms with van der Waals surface area (Å²) in [5.74, 6) is 2.11. The van der Waals surface area contributed by atoms with Crippen molar-refractivity contribution < 1.29 is 0 Å². The first-order valence-corrected chi connectivity index (χ1v) is 13.9. The predicted octanol–water partition coefficient (Wildman–Crippen LogP) is 5.68. The molecule has 38 heavy (non-hydrogen) atoms. The highest BCUT2D eigenvalue weighted by Gasteiger charge is 2.21. The number of nitrogens with two attached hydrogens (primary N) is 1. The Labute approximate surface area is 224 Å². The van der Waals surface area contributed by atoms with E-state index in [9.17, 15) is 0 Å². The van der Waals surface area contributed by atoms with Crippen molar-refractivity contribution in [3.63, 3.8) is 0 Å². The highest BCUT2D eigenvalue weighted by atomic mass is 15.3. The van der Waals surface area contributed by atoms with E-state index in [0.29, 0.717) is 5.82 Å². The third-order valence-electron chi connectivity index (χ3n) is 7.81. The standard InChI is InChI=1S/C31H37N7/c1-22-14-23(2)18-36(17-22)13-7-6-10-27-16-28(30-31(32)33-21-34-38(27)30)25-11-12-26-20-37(35-29(26)15-25)19-24-8-4-3-5-9-24/h3-5,8-9,11-12,15-16,20-23H,6-7,10,13-14,17-19H2,1-2H3,(H2,32,33,34). The van der Waals surface area contributed by atoms with Crippen LogP contribution >= 0.6 is 0 Å². The number of anilines is 1. The molecule has 0 bridgehead atoms. The van der Waals surface area contributed by atoms with Crippen LogP contribution in [-0.2, 0) is 13.0 Å². The van der Waals surface area contributed by atoms with Crippen LogP contribution < -0.4 is 5.73 Å². The second-order valence-electron chi connectivity index (χ2n) is 11.2. The fourth-order valence-corrected chi connectivity index (χ4v) is 6.23. The summed E-state index contributed by atoms with van der Waals surface area (Å²) in [4.78, 5) is 6.96. The number of piperidine rings is 1. The van der Waals surface area contributed by atoms with Crippen LogP contribution in [0.5, 0.6) is 0 Å². The third-order valence-corrected chi connectivity index (χ3v) is 7.81. The zero-order chi connectivity index (χ0) is 26.1. The van der Waals surface area contributed by atoms with Crippen LogP contribution in [-0.4, -0.2) is 48.9 Å². The Kier molecular flexibility index (Phi) is 6.85. The molecule has 196 valence electrons. The van der Waals surface area contributed by atoms with Crippen LogP contribution in [0.15, 0.2) is 67.1 Å². The molecule has 0 radical (unpaired) electrons. The summed E-state index contributed by atoms with van der Waals surface area (Å²) in [6.07, 6.45) is 8.29. The Morgan fingerprint density at radius 1 is 0.974 bits per heavy atom. The van der Waals surface area contributed by atoms with Gasteiger partial charge in [-0.1, -0.05) is 56.3 Å². The Morgan fingerprint density at radius 3 is 2.61 bits per heavy atom. The van der Waals surface area contributed by atoms with Crippen molar-refractivity contribution in [2.24, 2.45) is 11.8 Å². The van der Waals surface area contributed by atoms with Gasteiger partial charge in [0.1, 0.15) is 11.8 Å². The number of aryl methyl sites for hydroxylation is 1. The lowest BCUT2D eigenvalue weighted by atomic mass is 9.92. The van der Waals surface area contributed by atoms with Gasteiger partial charge in [0, 0.05) is 35.9 Å². The van der Waals surface area contributed by atoms with Crippen LogP contribution in [0.25, 0.3) is 27.5 Å². The van der Waals surface area contributed by atoms with Crippen molar-refractivity contribution in [3.8, 4) is 11.1 Å². The predicted molar refractivity (Wildman–Crippen MR) is 154 cm³/mol. The largest absolute Gasteiger partial charge is 0.382 e. The first-order valence-electron chi connectivity index (χ1n) is 13.9. The highest BCUT2D eigenvalue weighted by molar-refractivity contribution is 5.92. The molecule has 6 rings (SSSR count). The summed E-state index contributed by atoms with van der Waals surface area (Å²) < 4.78 is 4.00. The fourth-order valence-electron chi connectivity index (χ4n) is 6.23. The average Bonchev–Trinajstić information content (AvgIpc) is 3.48. The minimum absolute atomic E-state index is 0.507. The number of hydrogen-bond acceptors (Lipinski definition) is 5. The number of hydrogen-bond donors (Lipinski definition) is 1. The lowest BCUT2D eigenvalue weighted by molar-refractivity contribution is 0.139. The molecule has 2 unspecified atom stereocenters. The molecular formula is C31H37N7. The summed E-state index contributed by atoms with van der Waals surface area (Å²) in [6, 6.07) is 19.1. The van der Waals surface area contributed by atoms with Crippen LogP contribution in [0.2, 0.25) is 0 Å². The van der Waals surface area contributed by atoms with Crippen molar-refractivity contribution in [1.29, 1.82) is 0 Å². The van der Waals surface area contributed by atoms with Crippen LogP contribution in [0, 0.1) is 11.8 Å². The number of likely N-dealkylation sites (tertiary alicyclic amines) is 1. The van der Waals surface area contributed by atoms with Gasteiger partial charge in [-0.3, -0.25) is 4.68 Å². The van der Waals surface area contributed by atoms with Crippen LogP contribution in [0.1, 0.15) is 44.4 Å². The summed E-state index contributed by atoms with van der Waals surface area (Å²) >= 11 is 0. The molecule has 1 aliphatic heterocycles. The minimum Gasteiger partial charge on any atom is -0.382 e. The van der Waals surface area contributed by atoms with Gasteiger partial charge in [-0.2, -0.15) is 10.2 Å². The Hall–Kier alpha value is -3.71. The molecule has 2 atom stereocenters. The quantitative estimate of drug-likeness (QED) is 0.274. The van der Waals surface area contributed by atoms with Gasteiger partial charge in [0.15, 0.2) is 5.82 Å². The highest BCUT2D eigenvalue weighted by Crippen LogP contribution is 2.32. The smallest absolute Gasteiger partial charge is 0.151 e. The maximum absolute atomic E-state index is 6.39. The molecule has 1 aliphatic rings. The molecule has 5 aromatic rings. The van der Waals surface area contributed by atoms with Gasteiger partial charge in [-0.05, 0) is 67.3 Å². The molecule has 1 fully saturated rings. The Bertz CT molecular complexity index is 1520. The van der Waals surface area contributed by atoms with E-state index in [1.807, 2.05) is 15.3 Å². The Morgan fingerprint density at radius 2 is 1.79 bits per heavy atom. The number of fused-ring (bicyclic) bond motifs is 2. The van der Waals surface area contributed by atoms with E-state index >= 15 is 0 Å². The summed E-state index contributed by atoms with van der Waals surface area (Å²) in [6.45, 7) is 9.15. The first kappa shape index (κ1) is 24.6. The maximum Gasteiger partial charge on any atom is 0.151 e. The normalized spacial score (nSPS) is 18.5. The van der Waals surface area contributed by atoms with E-state index in [-0.39, 0.29) is 0 Å². The summed E-state index contributed by atoms with van der Waals surface area (Å²) in [5, 5.41) is 10.6. The van der Waals surface area contributed by atoms with Crippen molar-refractivity contribution in [1.82, 2.24) is 29.3 Å². The molecule has 1 saturated heterocycles. The molecule has 3 aromatic heterocycles. The molecule has 0 amide bonds. The molecule has 2 aromatic carbocycles. The number of nitrogen functional groups attached to an aromatic ring is 1. The second-order valence-corrected chi connectivity index (χ2v) is 11.2. The van der Waals surface area contributed by atoms with E-state index in [4.69, 9.17) is 10.8 Å². The van der Waals surface area contributed by atoms with Gasteiger partial charge < -0.3 is 10.6 Å². The SMILES string of the molecule is CC1CC(C)CN(CCCCc2cc(-c3ccc4cn(Cc5ccccc5)nc4c3)c3c(N)ncnn23)C1. The number of benzene rings is 2. The fraction of sp³-hybridized carbons (Fsp3) is 0.387. The topological polar surface area (TPSA) is 77.3 Å². The van der Waals surface area contributed by atoms with Crippen molar-refractivity contribution >= 4 is 22.2 Å². The van der Waals surface area contributed by atoms with Gasteiger partial charge in [0.05, 0.1) is 12.1 Å². The zero-order valence-corrected chi connectivity index (χ0v) is 22.4. The molecule has 0 spiro atoms. The van der Waals surface area contributed by atoms with E-state index in [1.165, 1.54) is 43.7 Å². The lowest BCUT2D eigenvalue weighted by Gasteiger charge is -2.34. The zero-order valence-electron chi connectivity index (χ0n) is 22.4. The average molecular weight is 508 g/mol. The van der Waals surface area contributed by atoms with E-state index in [2.05, 4.69) is 83.6 Å². The molecule has 7 heteroatoms. The molecule has 0 saturated carbocycles. The molecule has 4 heterocycles. The van der Waals surface area contributed by atoms with Crippen molar-refractivity contribution in [2.75, 3.05) is 25.4 Å². The second kappa shape index (κ2) is 10.6. The lowest BCUT2D eigenvalue weighted by Crippen LogP contribution is -2.39. The van der Waals surface area contributed by atoms with E-state index in [0.717, 1.165) is 58.8 Å². The third kappa shape index (κ3) is 5.16. The van der Waals surface area contributed by atoms with E-state index in [1.54, 1.807) is 6.33 Å². The molecule has 0 aliphatic carbocycles. The monoisotopic (exact) mass is 507 g/mol. The molecule has 2 N–H and O–H groups in total. The first-order chi connectivity index (χ1) is 18.5. The van der Waals surface area contributed by atoms with Gasteiger partial charge in [-0.15, -0.1) is 0 Å². The number of nitrogens with zero attached hydrogens (tertiary/aromatic N) is 6. The van der Waals surface area contributed by atoms with Gasteiger partial charge in [0.2, 0.25) is 0 Å². The number of unbranched alkanes of at least 4 members (excludes halogenated alkanes) is 1. The van der Waals surface area contributed by atoms with Gasteiger partial charge in [0.25, 0.3) is 0 Å². The van der Waals surface area contributed by atoms with Crippen molar-refractivity contribution in [3.05, 3.63) is 78.4 Å². The molecule has 7 nitrogen and oxygen atoms in total. The van der Waals surface area contributed by atoms with Crippen molar-refractivity contribution in [2.45, 2.75) is 46.1 Å². The number of aromatic nitrogens is 5. The van der Waals surface area contributed by atoms with Crippen LogP contribution in [0.4, 0.5) is 5.82 Å². The summed E-state index contributed by atoms with van der Waals surface area (Å²) in [7, 11) is 0. The van der Waals surface area contributed by atoms with E-state index < -0.39 is 0 Å². The summed E-state index contributed by atoms with van der Waals surface area (Å²) in [5.41, 5.74) is 12.8.